The molecule has 1 N–H and O–H groups in total. The normalized spacial score (nSPS) is 10.9. The zero-order valence-electron chi connectivity index (χ0n) is 8.07. The molecule has 14 heavy (non-hydrogen) atoms. The van der Waals surface area contributed by atoms with E-state index in [9.17, 15) is 0 Å². The molecule has 0 saturated heterocycles. The van der Waals surface area contributed by atoms with Gasteiger partial charge in [-0.15, -0.1) is 0 Å². The van der Waals surface area contributed by atoms with Crippen LogP contribution >= 0.6 is 0 Å². The Hall–Kier alpha value is -1.28. The average molecular weight is 190 g/mol. The Balaban J connectivity index is 2.10. The largest absolute Gasteiger partial charge is 0.464 e. The van der Waals surface area contributed by atoms with Crippen molar-refractivity contribution >= 4 is 11.0 Å². The minimum absolute atomic E-state index is 0.281. The van der Waals surface area contributed by atoms with E-state index < -0.39 is 0 Å². The highest BCUT2D eigenvalue weighted by molar-refractivity contribution is 5.77. The topological polar surface area (TPSA) is 33.4 Å². The standard InChI is InChI=1S/C12H14O2/c13-7-2-1-3-10-4-5-11-6-8-14-12(11)9-10/h4-6,8-9,13H,1-3,7H2. The summed E-state index contributed by atoms with van der Waals surface area (Å²) in [6, 6.07) is 8.24. The number of hydrogen-bond donors (Lipinski definition) is 1. The first-order valence-electron chi connectivity index (χ1n) is 4.97. The second kappa shape index (κ2) is 4.29. The molecule has 0 unspecified atom stereocenters. The van der Waals surface area contributed by atoms with E-state index in [1.54, 1.807) is 6.26 Å². The van der Waals surface area contributed by atoms with Crippen molar-refractivity contribution in [2.45, 2.75) is 19.3 Å². The molecule has 2 heteroatoms. The Bertz CT molecular complexity index is 403. The van der Waals surface area contributed by atoms with Gasteiger partial charge in [-0.05, 0) is 37.0 Å². The molecule has 2 rings (SSSR count). The molecule has 0 atom stereocenters. The molecule has 2 aromatic rings. The molecule has 0 radical (unpaired) electrons. The molecule has 0 amide bonds. The third-order valence-corrected chi connectivity index (χ3v) is 2.39. The van der Waals surface area contributed by atoms with Crippen LogP contribution in [0.1, 0.15) is 18.4 Å². The van der Waals surface area contributed by atoms with Crippen LogP contribution in [-0.2, 0) is 6.42 Å². The van der Waals surface area contributed by atoms with Crippen LogP contribution in [0.3, 0.4) is 0 Å². The van der Waals surface area contributed by atoms with Crippen LogP contribution in [-0.4, -0.2) is 11.7 Å². The summed E-state index contributed by atoms with van der Waals surface area (Å²) < 4.78 is 5.32. The molecule has 0 aliphatic heterocycles. The van der Waals surface area contributed by atoms with Crippen molar-refractivity contribution in [1.82, 2.24) is 0 Å². The monoisotopic (exact) mass is 190 g/mol. The van der Waals surface area contributed by atoms with Gasteiger partial charge in [0.1, 0.15) is 5.58 Å². The quantitative estimate of drug-likeness (QED) is 0.752. The molecule has 0 fully saturated rings. The Morgan fingerprint density at radius 1 is 1.14 bits per heavy atom. The van der Waals surface area contributed by atoms with E-state index in [0.29, 0.717) is 0 Å². The summed E-state index contributed by atoms with van der Waals surface area (Å²) in [6.07, 6.45) is 4.62. The molecule has 74 valence electrons. The first kappa shape index (κ1) is 9.28. The van der Waals surface area contributed by atoms with Crippen LogP contribution in [0.15, 0.2) is 34.9 Å². The molecule has 1 heterocycles. The molecular weight excluding hydrogens is 176 g/mol. The molecule has 1 aromatic heterocycles. The zero-order chi connectivity index (χ0) is 9.80. The van der Waals surface area contributed by atoms with Gasteiger partial charge in [-0.25, -0.2) is 0 Å². The Labute approximate surface area is 83.2 Å². The Kier molecular flexibility index (Phi) is 2.84. The smallest absolute Gasteiger partial charge is 0.134 e. The Morgan fingerprint density at radius 2 is 2.07 bits per heavy atom. The number of unbranched alkanes of at least 4 members (excludes halogenated alkanes) is 1. The fraction of sp³-hybridized carbons (Fsp3) is 0.333. The van der Waals surface area contributed by atoms with Crippen LogP contribution in [0.5, 0.6) is 0 Å². The van der Waals surface area contributed by atoms with Gasteiger partial charge in [0, 0.05) is 12.0 Å². The maximum Gasteiger partial charge on any atom is 0.134 e. The molecule has 2 nitrogen and oxygen atoms in total. The van der Waals surface area contributed by atoms with E-state index in [2.05, 4.69) is 18.2 Å². The molecule has 0 spiro atoms. The highest BCUT2D eigenvalue weighted by atomic mass is 16.3. The lowest BCUT2D eigenvalue weighted by atomic mass is 10.1. The maximum atomic E-state index is 8.66. The lowest BCUT2D eigenvalue weighted by molar-refractivity contribution is 0.284. The first-order chi connectivity index (χ1) is 6.90. The SMILES string of the molecule is OCCCCc1ccc2ccoc2c1. The minimum atomic E-state index is 0.281. The molecule has 0 aliphatic carbocycles. The number of aliphatic hydroxyl groups excluding tert-OH is 1. The summed E-state index contributed by atoms with van der Waals surface area (Å²) in [5.74, 6) is 0. The van der Waals surface area contributed by atoms with Gasteiger partial charge in [0.2, 0.25) is 0 Å². The van der Waals surface area contributed by atoms with Crippen LogP contribution < -0.4 is 0 Å². The van der Waals surface area contributed by atoms with Crippen LogP contribution in [0.2, 0.25) is 0 Å². The van der Waals surface area contributed by atoms with E-state index in [4.69, 9.17) is 9.52 Å². The number of aryl methyl sites for hydroxylation is 1. The lowest BCUT2D eigenvalue weighted by Gasteiger charge is -1.99. The number of benzene rings is 1. The summed E-state index contributed by atoms with van der Waals surface area (Å²) in [7, 11) is 0. The van der Waals surface area contributed by atoms with Gasteiger partial charge in [-0.3, -0.25) is 0 Å². The fourth-order valence-corrected chi connectivity index (χ4v) is 1.60. The Morgan fingerprint density at radius 3 is 2.93 bits per heavy atom. The number of hydrogen-bond acceptors (Lipinski definition) is 2. The summed E-state index contributed by atoms with van der Waals surface area (Å²) in [5.41, 5.74) is 2.23. The average Bonchev–Trinajstić information content (AvgIpc) is 2.65. The fourth-order valence-electron chi connectivity index (χ4n) is 1.60. The third kappa shape index (κ3) is 1.96. The molecule has 0 aliphatic rings. The molecular formula is C12H14O2. The van der Waals surface area contributed by atoms with Crippen LogP contribution in [0.25, 0.3) is 11.0 Å². The number of aliphatic hydroxyl groups is 1. The van der Waals surface area contributed by atoms with Crippen LogP contribution in [0, 0.1) is 0 Å². The van der Waals surface area contributed by atoms with Gasteiger partial charge >= 0.3 is 0 Å². The summed E-state index contributed by atoms with van der Waals surface area (Å²) in [4.78, 5) is 0. The van der Waals surface area contributed by atoms with E-state index in [1.165, 1.54) is 5.56 Å². The second-order valence-electron chi connectivity index (χ2n) is 3.47. The molecule has 0 bridgehead atoms. The van der Waals surface area contributed by atoms with Gasteiger partial charge in [0.15, 0.2) is 0 Å². The van der Waals surface area contributed by atoms with Crippen molar-refractivity contribution in [3.05, 3.63) is 36.1 Å². The highest BCUT2D eigenvalue weighted by Crippen LogP contribution is 2.17. The van der Waals surface area contributed by atoms with E-state index in [0.717, 1.165) is 30.2 Å². The predicted octanol–water partition coefficient (Wildman–Crippen LogP) is 2.75. The minimum Gasteiger partial charge on any atom is -0.464 e. The van der Waals surface area contributed by atoms with Gasteiger partial charge in [0.25, 0.3) is 0 Å². The van der Waals surface area contributed by atoms with Crippen molar-refractivity contribution in [2.24, 2.45) is 0 Å². The van der Waals surface area contributed by atoms with Gasteiger partial charge < -0.3 is 9.52 Å². The predicted molar refractivity (Wildman–Crippen MR) is 56.2 cm³/mol. The van der Waals surface area contributed by atoms with Gasteiger partial charge in [-0.2, -0.15) is 0 Å². The highest BCUT2D eigenvalue weighted by Gasteiger charge is 1.98. The van der Waals surface area contributed by atoms with Crippen molar-refractivity contribution in [3.8, 4) is 0 Å². The van der Waals surface area contributed by atoms with Crippen molar-refractivity contribution in [3.63, 3.8) is 0 Å². The van der Waals surface area contributed by atoms with Gasteiger partial charge in [0.05, 0.1) is 6.26 Å². The van der Waals surface area contributed by atoms with Crippen LogP contribution in [0.4, 0.5) is 0 Å². The molecule has 0 saturated carbocycles. The van der Waals surface area contributed by atoms with E-state index >= 15 is 0 Å². The zero-order valence-corrected chi connectivity index (χ0v) is 8.07. The number of fused-ring (bicyclic) bond motifs is 1. The number of furan rings is 1. The van der Waals surface area contributed by atoms with E-state index in [1.807, 2.05) is 6.07 Å². The maximum absolute atomic E-state index is 8.66. The van der Waals surface area contributed by atoms with Crippen molar-refractivity contribution in [1.29, 1.82) is 0 Å². The summed E-state index contributed by atoms with van der Waals surface area (Å²) in [6.45, 7) is 0.281. The number of rotatable bonds is 4. The lowest BCUT2D eigenvalue weighted by Crippen LogP contribution is -1.88. The van der Waals surface area contributed by atoms with Crippen molar-refractivity contribution < 1.29 is 9.52 Å². The molecule has 1 aromatic carbocycles. The first-order valence-corrected chi connectivity index (χ1v) is 4.97. The third-order valence-electron chi connectivity index (χ3n) is 2.39. The second-order valence-corrected chi connectivity index (χ2v) is 3.47. The van der Waals surface area contributed by atoms with Crippen molar-refractivity contribution in [2.75, 3.05) is 6.61 Å². The summed E-state index contributed by atoms with van der Waals surface area (Å²) in [5, 5.41) is 9.81. The van der Waals surface area contributed by atoms with Gasteiger partial charge in [-0.1, -0.05) is 12.1 Å². The van der Waals surface area contributed by atoms with E-state index in [-0.39, 0.29) is 6.61 Å². The summed E-state index contributed by atoms with van der Waals surface area (Å²) >= 11 is 0.